The summed E-state index contributed by atoms with van der Waals surface area (Å²) in [5.74, 6) is 7.95. The number of rotatable bonds is 15. The number of hydrogen-bond acceptors (Lipinski definition) is 7. The molecule has 0 aliphatic heterocycles. The molecule has 0 saturated carbocycles. The number of nitrogens with zero attached hydrogens (tertiary/aromatic N) is 3. The van der Waals surface area contributed by atoms with Crippen LogP contribution in [0.5, 0.6) is 0 Å². The third-order valence-corrected chi connectivity index (χ3v) is 5.75. The molecule has 0 aliphatic rings. The van der Waals surface area contributed by atoms with Crippen LogP contribution in [0.15, 0.2) is 38.1 Å². The Bertz CT molecular complexity index is 719. The largest absolute Gasteiger partial charge is 0.464 e. The van der Waals surface area contributed by atoms with E-state index in [0.29, 0.717) is 0 Å². The Kier molecular flexibility index (Phi) is 14.1. The van der Waals surface area contributed by atoms with Crippen molar-refractivity contribution in [3.8, 4) is 0 Å². The van der Waals surface area contributed by atoms with Gasteiger partial charge in [-0.15, -0.1) is 12.4 Å². The molecule has 2 aromatic rings. The van der Waals surface area contributed by atoms with Gasteiger partial charge in [0.2, 0.25) is 0 Å². The van der Waals surface area contributed by atoms with Crippen molar-refractivity contribution in [1.82, 2.24) is 15.1 Å². The maximum absolute atomic E-state index is 5.81. The minimum absolute atomic E-state index is 0. The second kappa shape index (κ2) is 15.7. The van der Waals surface area contributed by atoms with Gasteiger partial charge in [-0.2, -0.15) is 23.5 Å². The zero-order chi connectivity index (χ0) is 20.9. The number of hydrogen-bond donors (Lipinski definition) is 1. The molecule has 0 bridgehead atoms. The van der Waals surface area contributed by atoms with Crippen molar-refractivity contribution < 1.29 is 8.83 Å². The van der Waals surface area contributed by atoms with Gasteiger partial charge >= 0.3 is 0 Å². The molecular formula is C21H35ClN4O2S2. The average molecular weight is 475 g/mol. The molecule has 1 N–H and O–H groups in total. The summed E-state index contributed by atoms with van der Waals surface area (Å²) in [6.45, 7) is 3.42. The van der Waals surface area contributed by atoms with E-state index >= 15 is 0 Å². The van der Waals surface area contributed by atoms with Crippen LogP contribution in [0.4, 0.5) is 0 Å². The SMILES string of the molecule is CN(C)Cc1ccc(CSCCN=CNCCSCc2ccc(CN(C)C)o2)o1.Cl. The van der Waals surface area contributed by atoms with Gasteiger partial charge in [0.15, 0.2) is 0 Å². The first-order valence-corrected chi connectivity index (χ1v) is 12.2. The Hall–Kier alpha value is -1.06. The lowest BCUT2D eigenvalue weighted by Gasteiger charge is -2.05. The summed E-state index contributed by atoms with van der Waals surface area (Å²) in [6, 6.07) is 8.27. The standard InChI is InChI=1S/C21H34N4O2S2.ClH/c1-24(2)13-18-5-7-20(26-18)15-28-11-9-22-17-23-10-12-29-16-21-8-6-19(27-21)14-25(3)4;/h5-8,17H,9-16H2,1-4H3,(H,22,23);1H. The highest BCUT2D eigenvalue weighted by Crippen LogP contribution is 2.17. The van der Waals surface area contributed by atoms with Crippen LogP contribution in [0.2, 0.25) is 0 Å². The molecule has 0 aliphatic carbocycles. The minimum atomic E-state index is 0. The Labute approximate surface area is 195 Å². The topological polar surface area (TPSA) is 57.1 Å². The van der Waals surface area contributed by atoms with Crippen molar-refractivity contribution in [2.75, 3.05) is 52.8 Å². The summed E-state index contributed by atoms with van der Waals surface area (Å²) < 4.78 is 11.6. The highest BCUT2D eigenvalue weighted by Gasteiger charge is 2.04. The van der Waals surface area contributed by atoms with E-state index in [4.69, 9.17) is 8.83 Å². The first-order chi connectivity index (χ1) is 14.0. The lowest BCUT2D eigenvalue weighted by atomic mass is 10.4. The zero-order valence-corrected chi connectivity index (χ0v) is 20.9. The van der Waals surface area contributed by atoms with Crippen molar-refractivity contribution in [3.05, 3.63) is 47.3 Å². The van der Waals surface area contributed by atoms with Crippen molar-refractivity contribution in [2.24, 2.45) is 4.99 Å². The number of thioether (sulfide) groups is 2. The zero-order valence-electron chi connectivity index (χ0n) is 18.4. The van der Waals surface area contributed by atoms with E-state index in [-0.39, 0.29) is 12.4 Å². The Morgan fingerprint density at radius 3 is 1.87 bits per heavy atom. The van der Waals surface area contributed by atoms with Gasteiger partial charge in [-0.3, -0.25) is 4.99 Å². The van der Waals surface area contributed by atoms with Crippen LogP contribution in [-0.4, -0.2) is 68.9 Å². The van der Waals surface area contributed by atoms with Gasteiger partial charge in [0.1, 0.15) is 23.0 Å². The average Bonchev–Trinajstić information content (AvgIpc) is 3.28. The quantitative estimate of drug-likeness (QED) is 0.236. The first kappa shape index (κ1) is 27.0. The highest BCUT2D eigenvalue weighted by molar-refractivity contribution is 7.98. The Morgan fingerprint density at radius 2 is 1.33 bits per heavy atom. The van der Waals surface area contributed by atoms with Crippen LogP contribution in [0.1, 0.15) is 23.0 Å². The molecule has 6 nitrogen and oxygen atoms in total. The minimum Gasteiger partial charge on any atom is -0.464 e. The number of furan rings is 2. The summed E-state index contributed by atoms with van der Waals surface area (Å²) >= 11 is 3.71. The third-order valence-electron chi connectivity index (χ3n) is 3.81. The predicted molar refractivity (Wildman–Crippen MR) is 133 cm³/mol. The Balaban J connectivity index is 0.00000450. The summed E-state index contributed by atoms with van der Waals surface area (Å²) in [6.07, 6.45) is 1.82. The summed E-state index contributed by atoms with van der Waals surface area (Å²) in [5, 5.41) is 3.25. The summed E-state index contributed by atoms with van der Waals surface area (Å²) in [7, 11) is 8.18. The maximum atomic E-state index is 5.81. The van der Waals surface area contributed by atoms with E-state index in [0.717, 1.165) is 72.2 Å². The fourth-order valence-corrected chi connectivity index (χ4v) is 4.08. The van der Waals surface area contributed by atoms with Gasteiger partial charge in [0.25, 0.3) is 0 Å². The van der Waals surface area contributed by atoms with Crippen LogP contribution >= 0.6 is 35.9 Å². The first-order valence-electron chi connectivity index (χ1n) is 9.84. The van der Waals surface area contributed by atoms with Crippen LogP contribution in [0, 0.1) is 0 Å². The van der Waals surface area contributed by atoms with E-state index in [1.54, 1.807) is 0 Å². The normalized spacial score (nSPS) is 11.5. The van der Waals surface area contributed by atoms with E-state index < -0.39 is 0 Å². The molecule has 0 amide bonds. The summed E-state index contributed by atoms with van der Waals surface area (Å²) in [5.41, 5.74) is 0. The highest BCUT2D eigenvalue weighted by atomic mass is 35.5. The molecule has 0 saturated heterocycles. The van der Waals surface area contributed by atoms with Crippen molar-refractivity contribution in [2.45, 2.75) is 24.6 Å². The number of aliphatic imine (C=N–C) groups is 1. The molecule has 2 heterocycles. The van der Waals surface area contributed by atoms with Gasteiger partial charge in [0.05, 0.1) is 30.9 Å². The molecule has 2 rings (SSSR count). The second-order valence-corrected chi connectivity index (χ2v) is 9.52. The van der Waals surface area contributed by atoms with Crippen molar-refractivity contribution in [3.63, 3.8) is 0 Å². The smallest absolute Gasteiger partial charge is 0.118 e. The van der Waals surface area contributed by atoms with Crippen LogP contribution in [-0.2, 0) is 24.6 Å². The van der Waals surface area contributed by atoms with Gasteiger partial charge < -0.3 is 24.0 Å². The molecule has 2 aromatic heterocycles. The third kappa shape index (κ3) is 12.0. The van der Waals surface area contributed by atoms with Crippen molar-refractivity contribution in [1.29, 1.82) is 0 Å². The Morgan fingerprint density at radius 1 is 0.833 bits per heavy atom. The van der Waals surface area contributed by atoms with Crippen LogP contribution in [0.3, 0.4) is 0 Å². The fourth-order valence-electron chi connectivity index (χ4n) is 2.58. The molecule has 9 heteroatoms. The lowest BCUT2D eigenvalue weighted by Crippen LogP contribution is -2.15. The van der Waals surface area contributed by atoms with Gasteiger partial charge in [-0.25, -0.2) is 0 Å². The number of nitrogens with one attached hydrogen (secondary N) is 1. The lowest BCUT2D eigenvalue weighted by molar-refractivity contribution is 0.344. The van der Waals surface area contributed by atoms with Gasteiger partial charge in [-0.05, 0) is 52.5 Å². The predicted octanol–water partition coefficient (Wildman–Crippen LogP) is 4.20. The number of halogens is 1. The van der Waals surface area contributed by atoms with Gasteiger partial charge in [0, 0.05) is 24.6 Å². The van der Waals surface area contributed by atoms with Crippen LogP contribution in [0.25, 0.3) is 0 Å². The second-order valence-electron chi connectivity index (χ2n) is 7.31. The van der Waals surface area contributed by atoms with Crippen molar-refractivity contribution >= 4 is 42.3 Å². The molecule has 0 unspecified atom stereocenters. The monoisotopic (exact) mass is 474 g/mol. The molecular weight excluding hydrogens is 440 g/mol. The van der Waals surface area contributed by atoms with E-state index in [1.807, 2.05) is 58.1 Å². The molecule has 0 atom stereocenters. The van der Waals surface area contributed by atoms with Gasteiger partial charge in [-0.1, -0.05) is 0 Å². The van der Waals surface area contributed by atoms with E-state index in [2.05, 4.69) is 44.4 Å². The molecule has 170 valence electrons. The summed E-state index contributed by atoms with van der Waals surface area (Å²) in [4.78, 5) is 8.62. The molecule has 0 fully saturated rings. The van der Waals surface area contributed by atoms with Crippen LogP contribution < -0.4 is 5.32 Å². The van der Waals surface area contributed by atoms with E-state index in [1.165, 1.54) is 0 Å². The fraction of sp³-hybridized carbons (Fsp3) is 0.571. The maximum Gasteiger partial charge on any atom is 0.118 e. The van der Waals surface area contributed by atoms with E-state index in [9.17, 15) is 0 Å². The molecule has 0 aromatic carbocycles. The molecule has 0 radical (unpaired) electrons. The molecule has 0 spiro atoms. The molecule has 30 heavy (non-hydrogen) atoms.